The van der Waals surface area contributed by atoms with Gasteiger partial charge in [0.25, 0.3) is 5.91 Å². The van der Waals surface area contributed by atoms with Crippen LogP contribution in [0.5, 0.6) is 5.75 Å². The highest BCUT2D eigenvalue weighted by Crippen LogP contribution is 2.27. The first-order valence-corrected chi connectivity index (χ1v) is 11.2. The van der Waals surface area contributed by atoms with Crippen molar-refractivity contribution in [2.75, 3.05) is 22.9 Å². The highest BCUT2D eigenvalue weighted by Gasteiger charge is 2.19. The Balaban J connectivity index is 1.72. The van der Waals surface area contributed by atoms with Gasteiger partial charge in [-0.2, -0.15) is 0 Å². The van der Waals surface area contributed by atoms with Crippen LogP contribution in [0.1, 0.15) is 41.6 Å². The second kappa shape index (κ2) is 8.22. The van der Waals surface area contributed by atoms with Gasteiger partial charge in [0.1, 0.15) is 5.75 Å². The molecule has 1 fully saturated rings. The van der Waals surface area contributed by atoms with E-state index in [1.807, 2.05) is 24.3 Å². The molecule has 0 unspecified atom stereocenters. The van der Waals surface area contributed by atoms with E-state index in [2.05, 4.69) is 5.32 Å². The van der Waals surface area contributed by atoms with Crippen LogP contribution >= 0.6 is 0 Å². The fourth-order valence-electron chi connectivity index (χ4n) is 3.40. The normalized spacial score (nSPS) is 14.7. The number of anilines is 2. The standard InChI is InChI=1S/C21H26N2O4S/c1-15-19(9-6-10-20(15)23(2)28(3,25)26)21(24)22-16-11-13-18(14-12-16)27-17-7-4-5-8-17/h6,9-14,17H,4-5,7-8H2,1-3H3,(H,22,24). The zero-order valence-electron chi connectivity index (χ0n) is 16.4. The first-order chi connectivity index (χ1) is 13.3. The van der Waals surface area contributed by atoms with E-state index >= 15 is 0 Å². The van der Waals surface area contributed by atoms with Gasteiger partial charge in [0.05, 0.1) is 18.0 Å². The molecular formula is C21H26N2O4S. The molecule has 7 heteroatoms. The van der Waals surface area contributed by atoms with Crippen LogP contribution in [0, 0.1) is 6.92 Å². The molecule has 2 aromatic rings. The van der Waals surface area contributed by atoms with Gasteiger partial charge in [-0.15, -0.1) is 0 Å². The number of carbonyl (C=O) groups excluding carboxylic acids is 1. The van der Waals surface area contributed by atoms with Gasteiger partial charge < -0.3 is 10.1 Å². The lowest BCUT2D eigenvalue weighted by atomic mass is 10.1. The lowest BCUT2D eigenvalue weighted by molar-refractivity contribution is 0.102. The zero-order valence-corrected chi connectivity index (χ0v) is 17.3. The number of rotatable bonds is 6. The summed E-state index contributed by atoms with van der Waals surface area (Å²) in [7, 11) is -1.93. The Morgan fingerprint density at radius 3 is 2.36 bits per heavy atom. The smallest absolute Gasteiger partial charge is 0.256 e. The van der Waals surface area contributed by atoms with Crippen LogP contribution in [0.2, 0.25) is 0 Å². The van der Waals surface area contributed by atoms with Gasteiger partial charge >= 0.3 is 0 Å². The van der Waals surface area contributed by atoms with Gasteiger partial charge in [0.2, 0.25) is 10.0 Å². The third-order valence-electron chi connectivity index (χ3n) is 5.10. The number of benzene rings is 2. The van der Waals surface area contributed by atoms with Gasteiger partial charge in [-0.05, 0) is 74.6 Å². The monoisotopic (exact) mass is 402 g/mol. The van der Waals surface area contributed by atoms with E-state index < -0.39 is 10.0 Å². The van der Waals surface area contributed by atoms with Crippen LogP contribution in [0.3, 0.4) is 0 Å². The van der Waals surface area contributed by atoms with Crippen LogP contribution < -0.4 is 14.4 Å². The number of hydrogen-bond donors (Lipinski definition) is 1. The largest absolute Gasteiger partial charge is 0.490 e. The summed E-state index contributed by atoms with van der Waals surface area (Å²) in [5.41, 5.74) is 2.17. The van der Waals surface area contributed by atoms with E-state index in [4.69, 9.17) is 4.74 Å². The number of hydrogen-bond acceptors (Lipinski definition) is 4. The summed E-state index contributed by atoms with van der Waals surface area (Å²) in [6, 6.07) is 12.4. The first-order valence-electron chi connectivity index (χ1n) is 9.37. The van der Waals surface area contributed by atoms with Crippen LogP contribution in [-0.4, -0.2) is 33.7 Å². The molecule has 150 valence electrons. The van der Waals surface area contributed by atoms with Crippen molar-refractivity contribution in [2.24, 2.45) is 0 Å². The van der Waals surface area contributed by atoms with Crippen molar-refractivity contribution < 1.29 is 17.9 Å². The zero-order chi connectivity index (χ0) is 20.3. The molecule has 1 saturated carbocycles. The third kappa shape index (κ3) is 4.65. The van der Waals surface area contributed by atoms with E-state index in [0.717, 1.165) is 24.8 Å². The van der Waals surface area contributed by atoms with E-state index in [1.165, 1.54) is 24.2 Å². The Labute approximate surface area is 166 Å². The van der Waals surface area contributed by atoms with Crippen molar-refractivity contribution in [3.63, 3.8) is 0 Å². The van der Waals surface area contributed by atoms with E-state index in [0.29, 0.717) is 22.5 Å². The predicted octanol–water partition coefficient (Wildman–Crippen LogP) is 3.96. The van der Waals surface area contributed by atoms with E-state index in [1.54, 1.807) is 25.1 Å². The highest BCUT2D eigenvalue weighted by atomic mass is 32.2. The fourth-order valence-corrected chi connectivity index (χ4v) is 3.96. The molecule has 6 nitrogen and oxygen atoms in total. The summed E-state index contributed by atoms with van der Waals surface area (Å²) in [5.74, 6) is 0.517. The molecule has 2 aromatic carbocycles. The third-order valence-corrected chi connectivity index (χ3v) is 6.30. The summed E-state index contributed by atoms with van der Waals surface area (Å²) < 4.78 is 30.8. The molecule has 1 amide bonds. The lowest BCUT2D eigenvalue weighted by Gasteiger charge is -2.20. The van der Waals surface area contributed by atoms with Gasteiger partial charge in [0, 0.05) is 18.3 Å². The Hall–Kier alpha value is -2.54. The van der Waals surface area contributed by atoms with Crippen LogP contribution in [0.4, 0.5) is 11.4 Å². The van der Waals surface area contributed by atoms with Crippen molar-refractivity contribution in [2.45, 2.75) is 38.7 Å². The number of nitrogens with zero attached hydrogens (tertiary/aromatic N) is 1. The van der Waals surface area contributed by atoms with E-state index in [-0.39, 0.29) is 12.0 Å². The lowest BCUT2D eigenvalue weighted by Crippen LogP contribution is -2.26. The minimum absolute atomic E-state index is 0.286. The van der Waals surface area contributed by atoms with Crippen molar-refractivity contribution in [1.82, 2.24) is 0 Å². The molecule has 1 N–H and O–H groups in total. The average Bonchev–Trinajstić information content (AvgIpc) is 3.15. The Morgan fingerprint density at radius 1 is 1.11 bits per heavy atom. The summed E-state index contributed by atoms with van der Waals surface area (Å²) in [6.45, 7) is 1.74. The molecule has 0 saturated heterocycles. The number of ether oxygens (including phenoxy) is 1. The first kappa shape index (κ1) is 20.2. The van der Waals surface area contributed by atoms with Crippen molar-refractivity contribution in [1.29, 1.82) is 0 Å². The number of nitrogens with one attached hydrogen (secondary N) is 1. The molecule has 0 bridgehead atoms. The molecule has 0 aromatic heterocycles. The van der Waals surface area contributed by atoms with Crippen molar-refractivity contribution >= 4 is 27.3 Å². The number of carbonyl (C=O) groups is 1. The van der Waals surface area contributed by atoms with Gasteiger partial charge in [-0.1, -0.05) is 6.07 Å². The minimum atomic E-state index is -3.41. The maximum Gasteiger partial charge on any atom is 0.256 e. The summed E-state index contributed by atoms with van der Waals surface area (Å²) in [6.07, 6.45) is 6.04. The molecule has 0 heterocycles. The van der Waals surface area contributed by atoms with E-state index in [9.17, 15) is 13.2 Å². The van der Waals surface area contributed by atoms with Crippen molar-refractivity contribution in [3.05, 3.63) is 53.6 Å². The number of sulfonamides is 1. The van der Waals surface area contributed by atoms with Gasteiger partial charge in [-0.25, -0.2) is 8.42 Å². The fraction of sp³-hybridized carbons (Fsp3) is 0.381. The molecule has 1 aliphatic carbocycles. The summed E-state index contributed by atoms with van der Waals surface area (Å²) >= 11 is 0. The second-order valence-corrected chi connectivity index (χ2v) is 9.20. The minimum Gasteiger partial charge on any atom is -0.490 e. The van der Waals surface area contributed by atoms with Gasteiger partial charge in [0.15, 0.2) is 0 Å². The molecule has 0 atom stereocenters. The molecule has 0 spiro atoms. The van der Waals surface area contributed by atoms with Crippen LogP contribution in [-0.2, 0) is 10.0 Å². The Bertz CT molecular complexity index is 949. The summed E-state index contributed by atoms with van der Waals surface area (Å²) in [4.78, 5) is 12.7. The molecule has 1 aliphatic rings. The van der Waals surface area contributed by atoms with Gasteiger partial charge in [-0.3, -0.25) is 9.10 Å². The molecule has 3 rings (SSSR count). The van der Waals surface area contributed by atoms with Crippen LogP contribution in [0.25, 0.3) is 0 Å². The topological polar surface area (TPSA) is 75.7 Å². The highest BCUT2D eigenvalue weighted by molar-refractivity contribution is 7.92. The molecule has 0 radical (unpaired) electrons. The molecular weight excluding hydrogens is 376 g/mol. The second-order valence-electron chi connectivity index (χ2n) is 7.18. The maximum atomic E-state index is 12.7. The summed E-state index contributed by atoms with van der Waals surface area (Å²) in [5, 5.41) is 2.86. The number of amides is 1. The maximum absolute atomic E-state index is 12.7. The quantitative estimate of drug-likeness (QED) is 0.793. The average molecular weight is 403 g/mol. The molecule has 0 aliphatic heterocycles. The molecule has 28 heavy (non-hydrogen) atoms. The Morgan fingerprint density at radius 2 is 1.75 bits per heavy atom. The Kier molecular flexibility index (Phi) is 5.93. The van der Waals surface area contributed by atoms with Crippen LogP contribution in [0.15, 0.2) is 42.5 Å². The predicted molar refractivity (Wildman–Crippen MR) is 112 cm³/mol. The van der Waals surface area contributed by atoms with Crippen molar-refractivity contribution in [3.8, 4) is 5.75 Å². The SMILES string of the molecule is Cc1c(C(=O)Nc2ccc(OC3CCCC3)cc2)cccc1N(C)S(C)(=O)=O.